The maximum atomic E-state index is 13.9. The molecule has 0 fully saturated rings. The third-order valence-electron chi connectivity index (χ3n) is 5.44. The van der Waals surface area contributed by atoms with Gasteiger partial charge >= 0.3 is 0 Å². The molecule has 34 heavy (non-hydrogen) atoms. The molecule has 1 N–H and O–H groups in total. The molecule has 0 spiro atoms. The summed E-state index contributed by atoms with van der Waals surface area (Å²) >= 11 is 1.42. The molecule has 9 heteroatoms. The molecule has 8 nitrogen and oxygen atoms in total. The number of aliphatic hydroxyl groups excluding tert-OH is 1. The predicted molar refractivity (Wildman–Crippen MR) is 131 cm³/mol. The number of aryl methyl sites for hydroxylation is 2. The summed E-state index contributed by atoms with van der Waals surface area (Å²) in [6.45, 7) is 9.24. The molecule has 3 aromatic rings. The van der Waals surface area contributed by atoms with Gasteiger partial charge in [-0.1, -0.05) is 23.4 Å². The van der Waals surface area contributed by atoms with E-state index in [-0.39, 0.29) is 19.2 Å². The highest BCUT2D eigenvalue weighted by molar-refractivity contribution is 7.14. The molecule has 2 heterocycles. The van der Waals surface area contributed by atoms with Gasteiger partial charge in [0.05, 0.1) is 26.4 Å². The molecule has 0 bridgehead atoms. The molecule has 0 atom stereocenters. The fourth-order valence-electron chi connectivity index (χ4n) is 3.51. The van der Waals surface area contributed by atoms with Gasteiger partial charge in [-0.15, -0.1) is 11.3 Å². The molecule has 0 aliphatic heterocycles. The number of carbonyl (C=O) groups excluding carboxylic acids is 1. The van der Waals surface area contributed by atoms with Gasteiger partial charge in [-0.05, 0) is 50.5 Å². The molecular formula is C25H32N2O6S. The second-order valence-electron chi connectivity index (χ2n) is 7.84. The Morgan fingerprint density at radius 3 is 2.59 bits per heavy atom. The number of methoxy groups -OCH3 is 1. The van der Waals surface area contributed by atoms with Crippen LogP contribution in [0.3, 0.4) is 0 Å². The van der Waals surface area contributed by atoms with Crippen molar-refractivity contribution in [3.8, 4) is 11.1 Å². The standard InChI is InChI=1S/C25H32N2O6S/c1-6-31-14-20-12-19(13-28)7-8-21(20)22-11-16(2)34-23(22)25(29)27(15-32-10-9-30-5)24-17(3)18(4)33-26-24/h7-8,11-12,28H,6,9-10,13-15H2,1-5H3. The van der Waals surface area contributed by atoms with Gasteiger partial charge in [-0.3, -0.25) is 9.69 Å². The first-order chi connectivity index (χ1) is 16.4. The van der Waals surface area contributed by atoms with Crippen LogP contribution >= 0.6 is 11.3 Å². The summed E-state index contributed by atoms with van der Waals surface area (Å²) < 4.78 is 21.8. The van der Waals surface area contributed by atoms with E-state index in [9.17, 15) is 9.90 Å². The van der Waals surface area contributed by atoms with Gasteiger partial charge in [0.2, 0.25) is 0 Å². The van der Waals surface area contributed by atoms with Gasteiger partial charge in [0.25, 0.3) is 5.91 Å². The number of ether oxygens (including phenoxy) is 3. The van der Waals surface area contributed by atoms with Gasteiger partial charge in [-0.25, -0.2) is 0 Å². The van der Waals surface area contributed by atoms with Crippen LogP contribution in [-0.4, -0.2) is 49.8 Å². The molecule has 184 valence electrons. The third-order valence-corrected chi connectivity index (χ3v) is 6.48. The monoisotopic (exact) mass is 488 g/mol. The smallest absolute Gasteiger partial charge is 0.272 e. The molecular weight excluding hydrogens is 456 g/mol. The van der Waals surface area contributed by atoms with Crippen molar-refractivity contribution in [1.82, 2.24) is 5.16 Å². The van der Waals surface area contributed by atoms with Crippen LogP contribution in [0.15, 0.2) is 28.8 Å². The zero-order chi connectivity index (χ0) is 24.7. The highest BCUT2D eigenvalue weighted by atomic mass is 32.1. The fraction of sp³-hybridized carbons (Fsp3) is 0.440. The molecule has 2 aromatic heterocycles. The zero-order valence-electron chi connectivity index (χ0n) is 20.3. The van der Waals surface area contributed by atoms with Crippen molar-refractivity contribution in [3.05, 3.63) is 56.5 Å². The van der Waals surface area contributed by atoms with E-state index in [1.54, 1.807) is 7.11 Å². The summed E-state index contributed by atoms with van der Waals surface area (Å²) in [4.78, 5) is 17.0. The van der Waals surface area contributed by atoms with Crippen LogP contribution in [-0.2, 0) is 27.4 Å². The molecule has 0 saturated carbocycles. The molecule has 0 aliphatic carbocycles. The van der Waals surface area contributed by atoms with Gasteiger partial charge in [0.1, 0.15) is 17.4 Å². The molecule has 1 amide bonds. The average molecular weight is 489 g/mol. The average Bonchev–Trinajstić information content (AvgIpc) is 3.39. The minimum absolute atomic E-state index is 0.0145. The van der Waals surface area contributed by atoms with E-state index in [0.29, 0.717) is 42.9 Å². The molecule has 3 rings (SSSR count). The zero-order valence-corrected chi connectivity index (χ0v) is 21.2. The van der Waals surface area contributed by atoms with E-state index < -0.39 is 0 Å². The van der Waals surface area contributed by atoms with E-state index in [0.717, 1.165) is 32.7 Å². The van der Waals surface area contributed by atoms with E-state index >= 15 is 0 Å². The number of carbonyl (C=O) groups is 1. The van der Waals surface area contributed by atoms with E-state index in [1.165, 1.54) is 16.2 Å². The van der Waals surface area contributed by atoms with Crippen molar-refractivity contribution >= 4 is 23.1 Å². The van der Waals surface area contributed by atoms with Crippen LogP contribution in [0.1, 0.15) is 43.9 Å². The second-order valence-corrected chi connectivity index (χ2v) is 9.09. The maximum Gasteiger partial charge on any atom is 0.272 e. The molecule has 0 radical (unpaired) electrons. The number of benzene rings is 1. The van der Waals surface area contributed by atoms with Crippen LogP contribution in [0, 0.1) is 20.8 Å². The van der Waals surface area contributed by atoms with Crippen LogP contribution in [0.4, 0.5) is 5.82 Å². The summed E-state index contributed by atoms with van der Waals surface area (Å²) in [7, 11) is 1.60. The van der Waals surface area contributed by atoms with Gasteiger partial charge in [0.15, 0.2) is 5.82 Å². The topological polar surface area (TPSA) is 94.3 Å². The summed E-state index contributed by atoms with van der Waals surface area (Å²) in [6.07, 6.45) is 0. The molecule has 0 aliphatic rings. The van der Waals surface area contributed by atoms with Gasteiger partial charge < -0.3 is 23.8 Å². The van der Waals surface area contributed by atoms with Crippen LogP contribution in [0.25, 0.3) is 11.1 Å². The van der Waals surface area contributed by atoms with Crippen LogP contribution < -0.4 is 4.90 Å². The van der Waals surface area contributed by atoms with Crippen molar-refractivity contribution in [2.24, 2.45) is 0 Å². The van der Waals surface area contributed by atoms with Crippen molar-refractivity contribution in [2.75, 3.05) is 38.6 Å². The number of nitrogens with zero attached hydrogens (tertiary/aromatic N) is 2. The number of hydrogen-bond donors (Lipinski definition) is 1. The first-order valence-electron chi connectivity index (χ1n) is 11.1. The summed E-state index contributed by atoms with van der Waals surface area (Å²) in [5.74, 6) is 0.850. The van der Waals surface area contributed by atoms with Gasteiger partial charge in [0, 0.05) is 29.7 Å². The second kappa shape index (κ2) is 12.2. The number of thiophene rings is 1. The number of anilines is 1. The largest absolute Gasteiger partial charge is 0.392 e. The molecule has 1 aromatic carbocycles. The SMILES string of the molecule is CCOCc1cc(CO)ccc1-c1cc(C)sc1C(=O)N(COCCOC)c1noc(C)c1C. The first kappa shape index (κ1) is 26.1. The quantitative estimate of drug-likeness (QED) is 0.294. The Labute approximate surface area is 204 Å². The minimum Gasteiger partial charge on any atom is -0.392 e. The van der Waals surface area contributed by atoms with E-state index in [2.05, 4.69) is 5.16 Å². The predicted octanol–water partition coefficient (Wildman–Crippen LogP) is 4.62. The van der Waals surface area contributed by atoms with Crippen molar-refractivity contribution < 1.29 is 28.6 Å². The van der Waals surface area contributed by atoms with Crippen molar-refractivity contribution in [3.63, 3.8) is 0 Å². The lowest BCUT2D eigenvalue weighted by Gasteiger charge is -2.21. The Bertz CT molecular complexity index is 1110. The number of amides is 1. The summed E-state index contributed by atoms with van der Waals surface area (Å²) in [5.41, 5.74) is 4.19. The number of hydrogen-bond acceptors (Lipinski definition) is 8. The highest BCUT2D eigenvalue weighted by Crippen LogP contribution is 2.36. The van der Waals surface area contributed by atoms with E-state index in [4.69, 9.17) is 18.7 Å². The Balaban J connectivity index is 2.04. The van der Waals surface area contributed by atoms with Gasteiger partial charge in [-0.2, -0.15) is 0 Å². The number of aromatic nitrogens is 1. The minimum atomic E-state index is -0.226. The third kappa shape index (κ3) is 5.92. The lowest BCUT2D eigenvalue weighted by molar-refractivity contribution is 0.0646. The summed E-state index contributed by atoms with van der Waals surface area (Å²) in [5, 5.41) is 13.7. The Morgan fingerprint density at radius 2 is 1.94 bits per heavy atom. The normalized spacial score (nSPS) is 11.2. The van der Waals surface area contributed by atoms with Crippen LogP contribution in [0.5, 0.6) is 0 Å². The molecule has 0 saturated heterocycles. The number of aliphatic hydroxyl groups is 1. The summed E-state index contributed by atoms with van der Waals surface area (Å²) in [6, 6.07) is 7.72. The van der Waals surface area contributed by atoms with Crippen molar-refractivity contribution in [1.29, 1.82) is 0 Å². The maximum absolute atomic E-state index is 13.9. The lowest BCUT2D eigenvalue weighted by atomic mass is 9.97. The fourth-order valence-corrected chi connectivity index (χ4v) is 4.48. The Hall–Kier alpha value is -2.56. The van der Waals surface area contributed by atoms with Crippen LogP contribution in [0.2, 0.25) is 0 Å². The lowest BCUT2D eigenvalue weighted by Crippen LogP contribution is -2.34. The highest BCUT2D eigenvalue weighted by Gasteiger charge is 2.28. The first-order valence-corrected chi connectivity index (χ1v) is 12.0. The number of rotatable bonds is 12. The Kier molecular flexibility index (Phi) is 9.37. The van der Waals surface area contributed by atoms with E-state index in [1.807, 2.05) is 52.0 Å². The molecule has 0 unspecified atom stereocenters. The Morgan fingerprint density at radius 1 is 1.15 bits per heavy atom. The van der Waals surface area contributed by atoms with Crippen molar-refractivity contribution in [2.45, 2.75) is 40.9 Å².